The van der Waals surface area contributed by atoms with E-state index in [2.05, 4.69) is 10.6 Å². The smallest absolute Gasteiger partial charge is 0.344 e. The molecule has 8 nitrogen and oxygen atoms in total. The third-order valence-corrected chi connectivity index (χ3v) is 3.98. The molecular weight excluding hydrogens is 340 g/mol. The van der Waals surface area contributed by atoms with Gasteiger partial charge < -0.3 is 14.8 Å². The van der Waals surface area contributed by atoms with Crippen LogP contribution in [0.25, 0.3) is 0 Å². The van der Waals surface area contributed by atoms with Gasteiger partial charge in [-0.05, 0) is 44.0 Å². The number of imide groups is 1. The summed E-state index contributed by atoms with van der Waals surface area (Å²) in [6.45, 7) is 0.973. The maximum atomic E-state index is 11.9. The second kappa shape index (κ2) is 9.55. The van der Waals surface area contributed by atoms with Crippen LogP contribution < -0.4 is 15.4 Å². The van der Waals surface area contributed by atoms with Crippen molar-refractivity contribution < 1.29 is 28.7 Å². The molecule has 140 valence electrons. The molecule has 0 heterocycles. The van der Waals surface area contributed by atoms with Crippen molar-refractivity contribution >= 4 is 24.2 Å². The Morgan fingerprint density at radius 1 is 1.19 bits per heavy atom. The number of carbonyl (C=O) groups excluding carboxylic acids is 4. The van der Waals surface area contributed by atoms with Crippen LogP contribution in [0, 0.1) is 0 Å². The minimum absolute atomic E-state index is 0.0830. The van der Waals surface area contributed by atoms with E-state index in [1.165, 1.54) is 6.92 Å². The van der Waals surface area contributed by atoms with Crippen molar-refractivity contribution in [3.63, 3.8) is 0 Å². The highest BCUT2D eigenvalue weighted by molar-refractivity contribution is 5.97. The van der Waals surface area contributed by atoms with Crippen LogP contribution in [0.15, 0.2) is 24.3 Å². The minimum atomic E-state index is -1.13. The fourth-order valence-corrected chi connectivity index (χ4v) is 2.57. The van der Waals surface area contributed by atoms with Crippen molar-refractivity contribution in [1.29, 1.82) is 0 Å². The van der Waals surface area contributed by atoms with Crippen molar-refractivity contribution in [2.75, 3.05) is 6.61 Å². The van der Waals surface area contributed by atoms with E-state index in [0.29, 0.717) is 17.6 Å². The van der Waals surface area contributed by atoms with Crippen molar-refractivity contribution in [3.05, 3.63) is 29.8 Å². The van der Waals surface area contributed by atoms with E-state index in [-0.39, 0.29) is 6.04 Å². The fraction of sp³-hybridized carbons (Fsp3) is 0.444. The first-order valence-electron chi connectivity index (χ1n) is 8.47. The summed E-state index contributed by atoms with van der Waals surface area (Å²) in [5.41, 5.74) is 0.487. The van der Waals surface area contributed by atoms with E-state index >= 15 is 0 Å². The minimum Gasteiger partial charge on any atom is -0.482 e. The second-order valence-electron chi connectivity index (χ2n) is 6.05. The number of ether oxygens (including phenoxy) is 2. The molecule has 0 saturated heterocycles. The Labute approximate surface area is 151 Å². The summed E-state index contributed by atoms with van der Waals surface area (Å²) in [5.74, 6) is -1.06. The summed E-state index contributed by atoms with van der Waals surface area (Å²) in [6, 6.07) is 5.68. The molecule has 1 saturated carbocycles. The number of carbonyl (C=O) groups is 4. The molecule has 0 spiro atoms. The number of benzene rings is 1. The van der Waals surface area contributed by atoms with Gasteiger partial charge in [0.05, 0.1) is 0 Å². The van der Waals surface area contributed by atoms with Gasteiger partial charge in [0.15, 0.2) is 12.7 Å². The van der Waals surface area contributed by atoms with Crippen LogP contribution in [-0.2, 0) is 14.3 Å². The molecule has 26 heavy (non-hydrogen) atoms. The molecule has 1 aliphatic rings. The molecule has 1 aromatic rings. The number of hydrogen-bond acceptors (Lipinski definition) is 6. The lowest BCUT2D eigenvalue weighted by Gasteiger charge is -2.15. The van der Waals surface area contributed by atoms with E-state index in [1.54, 1.807) is 24.3 Å². The summed E-state index contributed by atoms with van der Waals surface area (Å²) < 4.78 is 10.2. The van der Waals surface area contributed by atoms with Crippen LogP contribution in [-0.4, -0.2) is 42.9 Å². The molecule has 0 aromatic heterocycles. The number of amides is 3. The van der Waals surface area contributed by atoms with Crippen LogP contribution in [0.3, 0.4) is 0 Å². The lowest BCUT2D eigenvalue weighted by atomic mass is 10.2. The van der Waals surface area contributed by atoms with E-state index in [1.807, 2.05) is 0 Å². The van der Waals surface area contributed by atoms with Crippen molar-refractivity contribution in [2.24, 2.45) is 0 Å². The van der Waals surface area contributed by atoms with Crippen LogP contribution >= 0.6 is 0 Å². The molecule has 1 aliphatic carbocycles. The van der Waals surface area contributed by atoms with Gasteiger partial charge in [-0.15, -0.1) is 0 Å². The third-order valence-electron chi connectivity index (χ3n) is 3.98. The number of hydrogen-bond donors (Lipinski definition) is 2. The standard InChI is InChI=1S/C18H22N2O6/c1-12(17(23)20-18(24)19-14-4-2-3-5-14)26-16(22)11-25-15-8-6-13(10-21)7-9-15/h6-10,12,14H,2-5,11H2,1H3,(H2,19,20,23,24)/t12-/m1/s1. The molecule has 8 heteroatoms. The van der Waals surface area contributed by atoms with E-state index in [9.17, 15) is 19.2 Å². The Kier molecular flexibility index (Phi) is 7.13. The largest absolute Gasteiger partial charge is 0.482 e. The highest BCUT2D eigenvalue weighted by atomic mass is 16.6. The van der Waals surface area contributed by atoms with Gasteiger partial charge in [-0.25, -0.2) is 9.59 Å². The SMILES string of the molecule is C[C@@H](OC(=O)COc1ccc(C=O)cc1)C(=O)NC(=O)NC1CCCC1. The van der Waals surface area contributed by atoms with Crippen LogP contribution in [0.5, 0.6) is 5.75 Å². The van der Waals surface area contributed by atoms with Crippen LogP contribution in [0.4, 0.5) is 4.79 Å². The summed E-state index contributed by atoms with van der Waals surface area (Å²) in [4.78, 5) is 45.9. The zero-order valence-corrected chi connectivity index (χ0v) is 14.5. The Morgan fingerprint density at radius 2 is 1.85 bits per heavy atom. The molecule has 1 fully saturated rings. The molecule has 0 radical (unpaired) electrons. The van der Waals surface area contributed by atoms with Gasteiger partial charge in [0, 0.05) is 11.6 Å². The average Bonchev–Trinajstić information content (AvgIpc) is 3.13. The van der Waals surface area contributed by atoms with Gasteiger partial charge in [0.2, 0.25) is 0 Å². The first-order chi connectivity index (χ1) is 12.5. The number of urea groups is 1. The average molecular weight is 362 g/mol. The summed E-state index contributed by atoms with van der Waals surface area (Å²) >= 11 is 0. The molecule has 0 unspecified atom stereocenters. The summed E-state index contributed by atoms with van der Waals surface area (Å²) in [5, 5.41) is 4.87. The molecule has 3 amide bonds. The highest BCUT2D eigenvalue weighted by Gasteiger charge is 2.22. The normalized spacial score (nSPS) is 15.0. The van der Waals surface area contributed by atoms with Gasteiger partial charge in [-0.1, -0.05) is 12.8 Å². The fourth-order valence-electron chi connectivity index (χ4n) is 2.57. The van der Waals surface area contributed by atoms with Crippen LogP contribution in [0.2, 0.25) is 0 Å². The zero-order chi connectivity index (χ0) is 18.9. The molecular formula is C18H22N2O6. The second-order valence-corrected chi connectivity index (χ2v) is 6.05. The monoisotopic (exact) mass is 362 g/mol. The quantitative estimate of drug-likeness (QED) is 0.563. The first-order valence-corrected chi connectivity index (χ1v) is 8.47. The van der Waals surface area contributed by atoms with E-state index in [4.69, 9.17) is 9.47 Å². The Balaban J connectivity index is 1.70. The third kappa shape index (κ3) is 6.19. The van der Waals surface area contributed by atoms with Crippen LogP contribution in [0.1, 0.15) is 43.0 Å². The summed E-state index contributed by atoms with van der Waals surface area (Å²) in [6.07, 6.45) is 3.49. The maximum Gasteiger partial charge on any atom is 0.344 e. The van der Waals surface area contributed by atoms with E-state index in [0.717, 1.165) is 25.7 Å². The Hall–Kier alpha value is -2.90. The molecule has 1 aromatic carbocycles. The van der Waals surface area contributed by atoms with Crippen molar-refractivity contribution in [2.45, 2.75) is 44.8 Å². The van der Waals surface area contributed by atoms with Crippen molar-refractivity contribution in [1.82, 2.24) is 10.6 Å². The highest BCUT2D eigenvalue weighted by Crippen LogP contribution is 2.17. The van der Waals surface area contributed by atoms with Crippen molar-refractivity contribution in [3.8, 4) is 5.75 Å². The zero-order valence-electron chi connectivity index (χ0n) is 14.5. The Bertz CT molecular complexity index is 652. The lowest BCUT2D eigenvalue weighted by Crippen LogP contribution is -2.47. The maximum absolute atomic E-state index is 11.9. The van der Waals surface area contributed by atoms with Gasteiger partial charge in [0.25, 0.3) is 5.91 Å². The molecule has 1 atom stereocenters. The molecule has 0 aliphatic heterocycles. The topological polar surface area (TPSA) is 111 Å². The molecule has 2 N–H and O–H groups in total. The molecule has 2 rings (SSSR count). The molecule has 0 bridgehead atoms. The van der Waals surface area contributed by atoms with E-state index < -0.39 is 30.6 Å². The van der Waals surface area contributed by atoms with Gasteiger partial charge in [0.1, 0.15) is 12.0 Å². The predicted molar refractivity (Wildman–Crippen MR) is 91.8 cm³/mol. The number of rotatable bonds is 7. The number of nitrogens with one attached hydrogen (secondary N) is 2. The first kappa shape index (κ1) is 19.4. The Morgan fingerprint density at radius 3 is 2.46 bits per heavy atom. The van der Waals surface area contributed by atoms with Gasteiger partial charge in [-0.2, -0.15) is 0 Å². The van der Waals surface area contributed by atoms with Gasteiger partial charge >= 0.3 is 12.0 Å². The predicted octanol–water partition coefficient (Wildman–Crippen LogP) is 1.58. The number of esters is 1. The summed E-state index contributed by atoms with van der Waals surface area (Å²) in [7, 11) is 0. The lowest BCUT2D eigenvalue weighted by molar-refractivity contribution is -0.156. The van der Waals surface area contributed by atoms with Gasteiger partial charge in [-0.3, -0.25) is 14.9 Å². The number of aldehydes is 1.